The highest BCUT2D eigenvalue weighted by Crippen LogP contribution is 2.31. The van der Waals surface area contributed by atoms with Crippen molar-refractivity contribution in [3.05, 3.63) is 28.8 Å². The zero-order valence-electron chi connectivity index (χ0n) is 15.4. The van der Waals surface area contributed by atoms with Crippen LogP contribution in [-0.2, 0) is 14.3 Å². The van der Waals surface area contributed by atoms with Crippen molar-refractivity contribution in [3.63, 3.8) is 0 Å². The lowest BCUT2D eigenvalue weighted by molar-refractivity contribution is -0.139. The summed E-state index contributed by atoms with van der Waals surface area (Å²) in [5.74, 6) is -0.572. The number of ether oxygens (including phenoxy) is 3. The lowest BCUT2D eigenvalue weighted by Gasteiger charge is -2.42. The third kappa shape index (κ3) is 3.83. The standard InChI is InChI=1S/C19H25NO6/c1-12-6-15(7-13(2)17(12)25-9-16(21)22)18(23)20-8-14(3)26-19(10-20)4-5-24-11-19/h6-7,14H,4-5,8-11H2,1-3H3,(H,21,22). The molecule has 142 valence electrons. The van der Waals surface area contributed by atoms with Gasteiger partial charge in [0.15, 0.2) is 6.61 Å². The van der Waals surface area contributed by atoms with Crippen molar-refractivity contribution in [1.82, 2.24) is 4.90 Å². The van der Waals surface area contributed by atoms with Crippen molar-refractivity contribution in [2.75, 3.05) is 32.9 Å². The van der Waals surface area contributed by atoms with Gasteiger partial charge >= 0.3 is 5.97 Å². The summed E-state index contributed by atoms with van der Waals surface area (Å²) < 4.78 is 16.9. The molecule has 1 spiro atoms. The molecule has 1 aromatic rings. The van der Waals surface area contributed by atoms with Gasteiger partial charge in [0.1, 0.15) is 11.4 Å². The van der Waals surface area contributed by atoms with Crippen LogP contribution in [0.5, 0.6) is 5.75 Å². The Hall–Kier alpha value is -2.12. The Bertz CT molecular complexity index is 687. The molecule has 7 nitrogen and oxygen atoms in total. The fourth-order valence-electron chi connectivity index (χ4n) is 3.80. The number of carbonyl (C=O) groups is 2. The Balaban J connectivity index is 1.79. The van der Waals surface area contributed by atoms with Gasteiger partial charge in [-0.1, -0.05) is 0 Å². The number of rotatable bonds is 4. The van der Waals surface area contributed by atoms with Crippen molar-refractivity contribution in [1.29, 1.82) is 0 Å². The van der Waals surface area contributed by atoms with Crippen LogP contribution in [0.25, 0.3) is 0 Å². The van der Waals surface area contributed by atoms with Gasteiger partial charge in [0.05, 0.1) is 19.3 Å². The summed E-state index contributed by atoms with van der Waals surface area (Å²) >= 11 is 0. The molecule has 0 bridgehead atoms. The zero-order valence-corrected chi connectivity index (χ0v) is 15.4. The summed E-state index contributed by atoms with van der Waals surface area (Å²) in [5.41, 5.74) is 1.66. The van der Waals surface area contributed by atoms with E-state index in [9.17, 15) is 9.59 Å². The number of aryl methyl sites for hydroxylation is 2. The molecule has 2 aliphatic heterocycles. The van der Waals surface area contributed by atoms with Gasteiger partial charge in [0.2, 0.25) is 0 Å². The molecule has 1 aromatic carbocycles. The molecule has 0 aliphatic carbocycles. The van der Waals surface area contributed by atoms with Crippen molar-refractivity contribution in [2.45, 2.75) is 38.9 Å². The van der Waals surface area contributed by atoms with E-state index in [1.54, 1.807) is 12.1 Å². The number of morpholine rings is 1. The highest BCUT2D eigenvalue weighted by molar-refractivity contribution is 5.95. The summed E-state index contributed by atoms with van der Waals surface area (Å²) in [6.45, 7) is 7.42. The molecular formula is C19H25NO6. The van der Waals surface area contributed by atoms with Crippen LogP contribution in [0.3, 0.4) is 0 Å². The van der Waals surface area contributed by atoms with Crippen molar-refractivity contribution < 1.29 is 28.9 Å². The van der Waals surface area contributed by atoms with Crippen LogP contribution in [-0.4, -0.2) is 66.5 Å². The van der Waals surface area contributed by atoms with Crippen LogP contribution in [0.15, 0.2) is 12.1 Å². The average Bonchev–Trinajstić information content (AvgIpc) is 2.99. The van der Waals surface area contributed by atoms with E-state index in [4.69, 9.17) is 19.3 Å². The molecule has 26 heavy (non-hydrogen) atoms. The van der Waals surface area contributed by atoms with E-state index in [2.05, 4.69) is 0 Å². The quantitative estimate of drug-likeness (QED) is 0.878. The van der Waals surface area contributed by atoms with Crippen LogP contribution in [0.4, 0.5) is 0 Å². The predicted octanol–water partition coefficient (Wildman–Crippen LogP) is 1.79. The first-order valence-corrected chi connectivity index (χ1v) is 8.80. The van der Waals surface area contributed by atoms with Crippen molar-refractivity contribution in [3.8, 4) is 5.75 Å². The number of aliphatic carboxylic acids is 1. The maximum atomic E-state index is 13.1. The third-order valence-corrected chi connectivity index (χ3v) is 4.81. The molecule has 0 saturated carbocycles. The number of benzene rings is 1. The first-order valence-electron chi connectivity index (χ1n) is 8.80. The Labute approximate surface area is 152 Å². The molecule has 1 N–H and O–H groups in total. The Kier molecular flexibility index (Phi) is 5.20. The normalized spacial score (nSPS) is 25.5. The smallest absolute Gasteiger partial charge is 0.341 e. The fourth-order valence-corrected chi connectivity index (χ4v) is 3.80. The van der Waals surface area contributed by atoms with Crippen molar-refractivity contribution in [2.24, 2.45) is 0 Å². The molecular weight excluding hydrogens is 338 g/mol. The van der Waals surface area contributed by atoms with E-state index >= 15 is 0 Å². The summed E-state index contributed by atoms with van der Waals surface area (Å²) in [5, 5.41) is 8.79. The maximum Gasteiger partial charge on any atom is 0.341 e. The minimum Gasteiger partial charge on any atom is -0.481 e. The monoisotopic (exact) mass is 363 g/mol. The van der Waals surface area contributed by atoms with Crippen molar-refractivity contribution >= 4 is 11.9 Å². The molecule has 3 rings (SSSR count). The zero-order chi connectivity index (χ0) is 18.9. The van der Waals surface area contributed by atoms with Crippen LogP contribution in [0.2, 0.25) is 0 Å². The topological polar surface area (TPSA) is 85.3 Å². The SMILES string of the molecule is Cc1cc(C(=O)N2CC(C)OC3(CCOC3)C2)cc(C)c1OCC(=O)O. The lowest BCUT2D eigenvalue weighted by Crippen LogP contribution is -2.57. The second-order valence-corrected chi connectivity index (χ2v) is 7.22. The van der Waals surface area contributed by atoms with Gasteiger partial charge in [-0.25, -0.2) is 4.79 Å². The number of carbonyl (C=O) groups excluding carboxylic acids is 1. The minimum atomic E-state index is -1.03. The summed E-state index contributed by atoms with van der Waals surface area (Å²) in [7, 11) is 0. The van der Waals surface area contributed by atoms with Gasteiger partial charge in [-0.15, -0.1) is 0 Å². The van der Waals surface area contributed by atoms with Gasteiger partial charge in [-0.3, -0.25) is 4.79 Å². The summed E-state index contributed by atoms with van der Waals surface area (Å²) in [4.78, 5) is 25.6. The average molecular weight is 363 g/mol. The number of hydrogen-bond donors (Lipinski definition) is 1. The van der Waals surface area contributed by atoms with Crippen LogP contribution in [0, 0.1) is 13.8 Å². The van der Waals surface area contributed by atoms with Gasteiger partial charge < -0.3 is 24.2 Å². The first kappa shape index (κ1) is 18.7. The van der Waals surface area contributed by atoms with Crippen LogP contribution in [0.1, 0.15) is 34.8 Å². The number of amides is 1. The van der Waals surface area contributed by atoms with Crippen LogP contribution < -0.4 is 4.74 Å². The van der Waals surface area contributed by atoms with Gasteiger partial charge in [-0.2, -0.15) is 0 Å². The largest absolute Gasteiger partial charge is 0.481 e. The Morgan fingerprint density at radius 3 is 2.62 bits per heavy atom. The van der Waals surface area contributed by atoms with Crippen LogP contribution >= 0.6 is 0 Å². The van der Waals surface area contributed by atoms with E-state index in [1.165, 1.54) is 0 Å². The molecule has 2 heterocycles. The molecule has 2 fully saturated rings. The van der Waals surface area contributed by atoms with E-state index in [0.717, 1.165) is 17.5 Å². The molecule has 2 saturated heterocycles. The van der Waals surface area contributed by atoms with Gasteiger partial charge in [-0.05, 0) is 44.0 Å². The molecule has 2 atom stereocenters. The number of hydrogen-bond acceptors (Lipinski definition) is 5. The minimum absolute atomic E-state index is 0.0465. The highest BCUT2D eigenvalue weighted by Gasteiger charge is 2.44. The van der Waals surface area contributed by atoms with Gasteiger partial charge in [0, 0.05) is 25.1 Å². The molecule has 7 heteroatoms. The molecule has 1 amide bonds. The number of carboxylic acid groups (broad SMARTS) is 1. The summed E-state index contributed by atoms with van der Waals surface area (Å²) in [6, 6.07) is 3.51. The fraction of sp³-hybridized carbons (Fsp3) is 0.579. The molecule has 2 unspecified atom stereocenters. The first-order chi connectivity index (χ1) is 12.3. The highest BCUT2D eigenvalue weighted by atomic mass is 16.6. The molecule has 2 aliphatic rings. The maximum absolute atomic E-state index is 13.1. The van der Waals surface area contributed by atoms with E-state index in [1.807, 2.05) is 25.7 Å². The number of nitrogens with zero attached hydrogens (tertiary/aromatic N) is 1. The Morgan fingerprint density at radius 1 is 1.35 bits per heavy atom. The lowest BCUT2D eigenvalue weighted by atomic mass is 9.98. The summed E-state index contributed by atoms with van der Waals surface area (Å²) in [6.07, 6.45) is 0.746. The number of carboxylic acids is 1. The van der Waals surface area contributed by atoms with E-state index in [0.29, 0.717) is 37.6 Å². The third-order valence-electron chi connectivity index (χ3n) is 4.81. The second kappa shape index (κ2) is 7.25. The predicted molar refractivity (Wildman–Crippen MR) is 93.7 cm³/mol. The molecule has 0 aromatic heterocycles. The molecule has 0 radical (unpaired) electrons. The van der Waals surface area contributed by atoms with Gasteiger partial charge in [0.25, 0.3) is 5.91 Å². The Morgan fingerprint density at radius 2 is 2.04 bits per heavy atom. The second-order valence-electron chi connectivity index (χ2n) is 7.22. The van der Waals surface area contributed by atoms with E-state index in [-0.39, 0.29) is 12.0 Å². The van der Waals surface area contributed by atoms with E-state index < -0.39 is 18.2 Å².